The van der Waals surface area contributed by atoms with Crippen molar-refractivity contribution in [2.45, 2.75) is 38.6 Å². The van der Waals surface area contributed by atoms with E-state index in [1.165, 1.54) is 0 Å². The SMILES string of the molecule is Cc1nn(C)cc1CCC(=O)N1CCOCC1CCc1cnccn1. The predicted octanol–water partition coefficient (Wildman–Crippen LogP) is 1.31. The number of ether oxygens (including phenoxy) is 1. The van der Waals surface area contributed by atoms with Gasteiger partial charge >= 0.3 is 0 Å². The van der Waals surface area contributed by atoms with E-state index in [9.17, 15) is 4.79 Å². The summed E-state index contributed by atoms with van der Waals surface area (Å²) in [6.45, 7) is 3.85. The number of aryl methyl sites for hydroxylation is 4. The lowest BCUT2D eigenvalue weighted by molar-refractivity contribution is -0.140. The van der Waals surface area contributed by atoms with E-state index in [0.29, 0.717) is 26.2 Å². The van der Waals surface area contributed by atoms with E-state index in [0.717, 1.165) is 36.2 Å². The molecular weight excluding hydrogens is 318 g/mol. The number of hydrogen-bond acceptors (Lipinski definition) is 5. The topological polar surface area (TPSA) is 73.1 Å². The van der Waals surface area contributed by atoms with Gasteiger partial charge in [0.05, 0.1) is 30.6 Å². The van der Waals surface area contributed by atoms with Gasteiger partial charge in [-0.1, -0.05) is 0 Å². The van der Waals surface area contributed by atoms with Gasteiger partial charge in [0.15, 0.2) is 0 Å². The Bertz CT molecular complexity index is 701. The van der Waals surface area contributed by atoms with Crippen molar-refractivity contribution < 1.29 is 9.53 Å². The monoisotopic (exact) mass is 343 g/mol. The highest BCUT2D eigenvalue weighted by atomic mass is 16.5. The molecule has 3 rings (SSSR count). The molecule has 134 valence electrons. The van der Waals surface area contributed by atoms with Crippen molar-refractivity contribution in [2.75, 3.05) is 19.8 Å². The van der Waals surface area contributed by atoms with Gasteiger partial charge in [-0.2, -0.15) is 5.10 Å². The molecule has 0 aliphatic carbocycles. The van der Waals surface area contributed by atoms with Gasteiger partial charge in [-0.05, 0) is 31.7 Å². The average molecular weight is 343 g/mol. The van der Waals surface area contributed by atoms with E-state index < -0.39 is 0 Å². The largest absolute Gasteiger partial charge is 0.377 e. The molecule has 0 N–H and O–H groups in total. The number of carbonyl (C=O) groups excluding carboxylic acids is 1. The molecule has 1 fully saturated rings. The predicted molar refractivity (Wildman–Crippen MR) is 92.9 cm³/mol. The molecule has 0 aromatic carbocycles. The van der Waals surface area contributed by atoms with Crippen LogP contribution in [0.1, 0.15) is 29.8 Å². The van der Waals surface area contributed by atoms with Crippen LogP contribution < -0.4 is 0 Å². The normalized spacial score (nSPS) is 17.7. The molecule has 25 heavy (non-hydrogen) atoms. The molecule has 1 amide bonds. The van der Waals surface area contributed by atoms with Gasteiger partial charge in [-0.25, -0.2) is 0 Å². The standard InChI is InChI=1S/C18H25N5O2/c1-14-15(12-22(2)21-14)3-6-18(24)23-9-10-25-13-17(23)5-4-16-11-19-7-8-20-16/h7-8,11-12,17H,3-6,9-10,13H2,1-2H3. The Hall–Kier alpha value is -2.28. The van der Waals surface area contributed by atoms with Gasteiger partial charge in [0, 0.05) is 44.8 Å². The Morgan fingerprint density at radius 3 is 2.96 bits per heavy atom. The molecule has 0 saturated carbocycles. The van der Waals surface area contributed by atoms with Crippen molar-refractivity contribution in [3.63, 3.8) is 0 Å². The summed E-state index contributed by atoms with van der Waals surface area (Å²) in [6.07, 6.45) is 10.0. The summed E-state index contributed by atoms with van der Waals surface area (Å²) in [4.78, 5) is 23.1. The van der Waals surface area contributed by atoms with Crippen LogP contribution in [0.5, 0.6) is 0 Å². The number of morpholine rings is 1. The molecule has 0 bridgehead atoms. The first-order valence-electron chi connectivity index (χ1n) is 8.74. The fourth-order valence-corrected chi connectivity index (χ4v) is 3.28. The summed E-state index contributed by atoms with van der Waals surface area (Å²) in [5.74, 6) is 0.190. The minimum atomic E-state index is 0.109. The fourth-order valence-electron chi connectivity index (χ4n) is 3.28. The molecule has 1 aliphatic rings. The zero-order chi connectivity index (χ0) is 17.6. The maximum Gasteiger partial charge on any atom is 0.223 e. The summed E-state index contributed by atoms with van der Waals surface area (Å²) >= 11 is 0. The second-order valence-corrected chi connectivity index (χ2v) is 6.46. The third kappa shape index (κ3) is 4.63. The van der Waals surface area contributed by atoms with Crippen LogP contribution in [0.15, 0.2) is 24.8 Å². The van der Waals surface area contributed by atoms with Crippen molar-refractivity contribution in [1.82, 2.24) is 24.6 Å². The Kier molecular flexibility index (Phi) is 5.75. The number of hydrogen-bond donors (Lipinski definition) is 0. The van der Waals surface area contributed by atoms with Crippen LogP contribution in [0.3, 0.4) is 0 Å². The molecular formula is C18H25N5O2. The molecule has 1 unspecified atom stereocenters. The number of rotatable bonds is 6. The van der Waals surface area contributed by atoms with E-state index in [4.69, 9.17) is 4.74 Å². The van der Waals surface area contributed by atoms with Crippen molar-refractivity contribution in [3.05, 3.63) is 41.7 Å². The van der Waals surface area contributed by atoms with Gasteiger partial charge in [-0.3, -0.25) is 19.4 Å². The Balaban J connectivity index is 1.56. The molecule has 7 heteroatoms. The van der Waals surface area contributed by atoms with Crippen molar-refractivity contribution in [2.24, 2.45) is 7.05 Å². The first kappa shape index (κ1) is 17.5. The van der Waals surface area contributed by atoms with E-state index in [1.807, 2.05) is 25.1 Å². The second kappa shape index (κ2) is 8.20. The molecule has 0 spiro atoms. The van der Waals surface area contributed by atoms with Crippen molar-refractivity contribution in [1.29, 1.82) is 0 Å². The lowest BCUT2D eigenvalue weighted by Gasteiger charge is -2.35. The highest BCUT2D eigenvalue weighted by Gasteiger charge is 2.27. The van der Waals surface area contributed by atoms with Gasteiger partial charge in [0.25, 0.3) is 0 Å². The Morgan fingerprint density at radius 2 is 2.24 bits per heavy atom. The Labute approximate surface area is 148 Å². The maximum atomic E-state index is 12.7. The highest BCUT2D eigenvalue weighted by Crippen LogP contribution is 2.16. The number of nitrogens with zero attached hydrogens (tertiary/aromatic N) is 5. The summed E-state index contributed by atoms with van der Waals surface area (Å²) in [5.41, 5.74) is 3.09. The zero-order valence-corrected chi connectivity index (χ0v) is 14.9. The average Bonchev–Trinajstić information content (AvgIpc) is 2.96. The van der Waals surface area contributed by atoms with Gasteiger partial charge < -0.3 is 9.64 Å². The van der Waals surface area contributed by atoms with Gasteiger partial charge in [-0.15, -0.1) is 0 Å². The van der Waals surface area contributed by atoms with E-state index in [2.05, 4.69) is 15.1 Å². The van der Waals surface area contributed by atoms with Gasteiger partial charge in [0.1, 0.15) is 0 Å². The molecule has 2 aromatic heterocycles. The van der Waals surface area contributed by atoms with Crippen LogP contribution in [-0.4, -0.2) is 56.4 Å². The van der Waals surface area contributed by atoms with Crippen LogP contribution in [0.2, 0.25) is 0 Å². The summed E-state index contributed by atoms with van der Waals surface area (Å²) in [5, 5.41) is 4.34. The smallest absolute Gasteiger partial charge is 0.223 e. The summed E-state index contributed by atoms with van der Waals surface area (Å²) in [7, 11) is 1.91. The van der Waals surface area contributed by atoms with Crippen molar-refractivity contribution in [3.8, 4) is 0 Å². The highest BCUT2D eigenvalue weighted by molar-refractivity contribution is 5.77. The zero-order valence-electron chi connectivity index (χ0n) is 14.9. The van der Waals surface area contributed by atoms with Crippen molar-refractivity contribution >= 4 is 5.91 Å². The number of amides is 1. The Morgan fingerprint density at radius 1 is 1.36 bits per heavy atom. The van der Waals surface area contributed by atoms with Crippen LogP contribution in [-0.2, 0) is 29.4 Å². The minimum absolute atomic E-state index is 0.109. The lowest BCUT2D eigenvalue weighted by Crippen LogP contribution is -2.49. The third-order valence-corrected chi connectivity index (χ3v) is 4.62. The minimum Gasteiger partial charge on any atom is -0.377 e. The molecule has 1 atom stereocenters. The molecule has 2 aromatic rings. The maximum absolute atomic E-state index is 12.7. The first-order chi connectivity index (χ1) is 12.1. The van der Waals surface area contributed by atoms with Crippen LogP contribution in [0.4, 0.5) is 0 Å². The van der Waals surface area contributed by atoms with Crippen LogP contribution in [0, 0.1) is 6.92 Å². The van der Waals surface area contributed by atoms with Crippen LogP contribution in [0.25, 0.3) is 0 Å². The van der Waals surface area contributed by atoms with E-state index >= 15 is 0 Å². The fraction of sp³-hybridized carbons (Fsp3) is 0.556. The van der Waals surface area contributed by atoms with Gasteiger partial charge in [0.2, 0.25) is 5.91 Å². The lowest BCUT2D eigenvalue weighted by atomic mass is 10.1. The van der Waals surface area contributed by atoms with E-state index in [1.54, 1.807) is 23.3 Å². The first-order valence-corrected chi connectivity index (χ1v) is 8.74. The molecule has 3 heterocycles. The second-order valence-electron chi connectivity index (χ2n) is 6.46. The number of carbonyl (C=O) groups is 1. The quantitative estimate of drug-likeness (QED) is 0.791. The van der Waals surface area contributed by atoms with E-state index in [-0.39, 0.29) is 11.9 Å². The van der Waals surface area contributed by atoms with Crippen LogP contribution >= 0.6 is 0 Å². The molecule has 0 radical (unpaired) electrons. The number of aromatic nitrogens is 4. The molecule has 1 saturated heterocycles. The molecule has 1 aliphatic heterocycles. The third-order valence-electron chi connectivity index (χ3n) is 4.62. The molecule has 7 nitrogen and oxygen atoms in total. The summed E-state index contributed by atoms with van der Waals surface area (Å²) in [6, 6.07) is 0.109. The summed E-state index contributed by atoms with van der Waals surface area (Å²) < 4.78 is 7.39.